The van der Waals surface area contributed by atoms with Gasteiger partial charge >= 0.3 is 5.97 Å². The molecule has 104 valence electrons. The first-order chi connectivity index (χ1) is 9.49. The Morgan fingerprint density at radius 1 is 1.35 bits per heavy atom. The number of aryl methyl sites for hydroxylation is 1. The van der Waals surface area contributed by atoms with Gasteiger partial charge in [0.25, 0.3) is 0 Å². The van der Waals surface area contributed by atoms with Crippen molar-refractivity contribution in [1.29, 1.82) is 0 Å². The van der Waals surface area contributed by atoms with E-state index in [9.17, 15) is 9.90 Å². The van der Waals surface area contributed by atoms with E-state index in [1.165, 1.54) is 0 Å². The molecule has 0 spiro atoms. The van der Waals surface area contributed by atoms with E-state index in [1.807, 2.05) is 19.1 Å². The van der Waals surface area contributed by atoms with Gasteiger partial charge in [-0.1, -0.05) is 5.21 Å². The second kappa shape index (κ2) is 4.96. The molecule has 1 aliphatic carbocycles. The number of benzene rings is 1. The molecule has 1 aliphatic rings. The highest BCUT2D eigenvalue weighted by Gasteiger charge is 2.35. The van der Waals surface area contributed by atoms with Gasteiger partial charge in [-0.25, -0.2) is 9.48 Å². The third-order valence-electron chi connectivity index (χ3n) is 3.24. The van der Waals surface area contributed by atoms with Gasteiger partial charge in [0.2, 0.25) is 0 Å². The van der Waals surface area contributed by atoms with Gasteiger partial charge in [-0.3, -0.25) is 0 Å². The molecule has 1 aromatic carbocycles. The second-order valence-electron chi connectivity index (χ2n) is 4.89. The van der Waals surface area contributed by atoms with E-state index in [4.69, 9.17) is 0 Å². The van der Waals surface area contributed by atoms with Crippen LogP contribution in [0.4, 0.5) is 0 Å². The van der Waals surface area contributed by atoms with E-state index >= 15 is 0 Å². The summed E-state index contributed by atoms with van der Waals surface area (Å²) in [5.41, 5.74) is 2.62. The molecule has 0 aliphatic heterocycles. The van der Waals surface area contributed by atoms with Gasteiger partial charge in [-0.05, 0) is 69.3 Å². The molecular formula is C13H11Br2N3O2. The monoisotopic (exact) mass is 399 g/mol. The summed E-state index contributed by atoms with van der Waals surface area (Å²) in [4.78, 5) is 11.3. The lowest BCUT2D eigenvalue weighted by Gasteiger charge is -2.11. The van der Waals surface area contributed by atoms with E-state index in [-0.39, 0.29) is 11.6 Å². The van der Waals surface area contributed by atoms with Crippen molar-refractivity contribution in [3.05, 3.63) is 38.0 Å². The van der Waals surface area contributed by atoms with Crippen LogP contribution in [0.1, 0.15) is 40.5 Å². The van der Waals surface area contributed by atoms with Gasteiger partial charge < -0.3 is 5.11 Å². The van der Waals surface area contributed by atoms with Crippen molar-refractivity contribution in [2.45, 2.75) is 25.7 Å². The molecule has 0 saturated heterocycles. The number of carboxylic acid groups (broad SMARTS) is 1. The standard InChI is InChI=1S/C13H11Br2N3O2/c1-6-4-8(14)12(9(15)5-6)18-11(7-2-3-7)10(13(19)20)16-17-18/h4-5,7H,2-3H2,1H3,(H,19,20). The first kappa shape index (κ1) is 13.8. The number of hydrogen-bond donors (Lipinski definition) is 1. The minimum Gasteiger partial charge on any atom is -0.476 e. The molecule has 1 heterocycles. The fraction of sp³-hybridized carbons (Fsp3) is 0.308. The summed E-state index contributed by atoms with van der Waals surface area (Å²) in [6.07, 6.45) is 1.96. The van der Waals surface area contributed by atoms with Crippen LogP contribution in [0.2, 0.25) is 0 Å². The lowest BCUT2D eigenvalue weighted by atomic mass is 10.2. The summed E-state index contributed by atoms with van der Waals surface area (Å²) in [7, 11) is 0. The molecule has 1 aromatic heterocycles. The molecule has 3 rings (SSSR count). The molecule has 0 atom stereocenters. The Morgan fingerprint density at radius 2 is 1.95 bits per heavy atom. The van der Waals surface area contributed by atoms with Crippen molar-refractivity contribution < 1.29 is 9.90 Å². The van der Waals surface area contributed by atoms with Crippen molar-refractivity contribution in [1.82, 2.24) is 15.0 Å². The number of rotatable bonds is 3. The Morgan fingerprint density at radius 3 is 2.45 bits per heavy atom. The first-order valence-electron chi connectivity index (χ1n) is 6.14. The van der Waals surface area contributed by atoms with Crippen LogP contribution < -0.4 is 0 Å². The number of carbonyl (C=O) groups is 1. The maximum Gasteiger partial charge on any atom is 0.358 e. The van der Waals surface area contributed by atoms with Crippen molar-refractivity contribution in [3.8, 4) is 5.69 Å². The molecule has 0 bridgehead atoms. The molecule has 1 saturated carbocycles. The predicted molar refractivity (Wildman–Crippen MR) is 80.4 cm³/mol. The van der Waals surface area contributed by atoms with Crippen molar-refractivity contribution in [2.75, 3.05) is 0 Å². The lowest BCUT2D eigenvalue weighted by molar-refractivity contribution is 0.0689. The highest BCUT2D eigenvalue weighted by Crippen LogP contribution is 2.43. The van der Waals surface area contributed by atoms with Crippen LogP contribution in [-0.2, 0) is 0 Å². The Labute approximate surface area is 132 Å². The number of aromatic carboxylic acids is 1. The van der Waals surface area contributed by atoms with Gasteiger partial charge in [-0.2, -0.15) is 0 Å². The number of hydrogen-bond acceptors (Lipinski definition) is 3. The fourth-order valence-corrected chi connectivity index (χ4v) is 3.98. The van der Waals surface area contributed by atoms with E-state index < -0.39 is 5.97 Å². The number of carboxylic acids is 1. The Balaban J connectivity index is 2.23. The van der Waals surface area contributed by atoms with E-state index in [0.717, 1.165) is 33.0 Å². The van der Waals surface area contributed by atoms with Gasteiger partial charge in [0, 0.05) is 14.9 Å². The van der Waals surface area contributed by atoms with Crippen LogP contribution in [0.15, 0.2) is 21.1 Å². The fourth-order valence-electron chi connectivity index (χ4n) is 2.22. The molecule has 20 heavy (non-hydrogen) atoms. The summed E-state index contributed by atoms with van der Waals surface area (Å²) >= 11 is 7.04. The molecule has 7 heteroatoms. The SMILES string of the molecule is Cc1cc(Br)c(-n2nnc(C(=O)O)c2C2CC2)c(Br)c1. The zero-order valence-corrected chi connectivity index (χ0v) is 13.8. The van der Waals surface area contributed by atoms with Gasteiger partial charge in [-0.15, -0.1) is 5.10 Å². The number of nitrogens with zero attached hydrogens (tertiary/aromatic N) is 3. The molecule has 2 aromatic rings. The summed E-state index contributed by atoms with van der Waals surface area (Å²) in [6, 6.07) is 3.94. The van der Waals surface area contributed by atoms with E-state index in [0.29, 0.717) is 5.69 Å². The highest BCUT2D eigenvalue weighted by atomic mass is 79.9. The molecule has 1 fully saturated rings. The first-order valence-corrected chi connectivity index (χ1v) is 7.72. The molecule has 0 amide bonds. The molecule has 1 N–H and O–H groups in total. The average molecular weight is 401 g/mol. The summed E-state index contributed by atoms with van der Waals surface area (Å²) in [6.45, 7) is 1.99. The smallest absolute Gasteiger partial charge is 0.358 e. The Hall–Kier alpha value is -1.21. The minimum atomic E-state index is -1.03. The van der Waals surface area contributed by atoms with Crippen molar-refractivity contribution >= 4 is 37.8 Å². The second-order valence-corrected chi connectivity index (χ2v) is 6.60. The summed E-state index contributed by atoms with van der Waals surface area (Å²) in [5.74, 6) is -0.797. The number of halogens is 2. The van der Waals surface area contributed by atoms with E-state index in [2.05, 4.69) is 42.2 Å². The summed E-state index contributed by atoms with van der Waals surface area (Å²) < 4.78 is 3.34. The largest absolute Gasteiger partial charge is 0.476 e. The van der Waals surface area contributed by atoms with Gasteiger partial charge in [0.1, 0.15) is 0 Å². The van der Waals surface area contributed by atoms with Crippen LogP contribution in [0, 0.1) is 6.92 Å². The Kier molecular flexibility index (Phi) is 3.41. The third-order valence-corrected chi connectivity index (χ3v) is 4.45. The van der Waals surface area contributed by atoms with Crippen LogP contribution in [0.3, 0.4) is 0 Å². The van der Waals surface area contributed by atoms with Crippen LogP contribution >= 0.6 is 31.9 Å². The zero-order chi connectivity index (χ0) is 14.4. The van der Waals surface area contributed by atoms with Crippen LogP contribution in [0.5, 0.6) is 0 Å². The van der Waals surface area contributed by atoms with Crippen molar-refractivity contribution in [2.24, 2.45) is 0 Å². The number of aromatic nitrogens is 3. The topological polar surface area (TPSA) is 68.0 Å². The molecule has 5 nitrogen and oxygen atoms in total. The predicted octanol–water partition coefficient (Wildman–Crippen LogP) is 3.68. The van der Waals surface area contributed by atoms with E-state index in [1.54, 1.807) is 4.68 Å². The van der Waals surface area contributed by atoms with Gasteiger partial charge in [0.05, 0.1) is 11.4 Å². The highest BCUT2D eigenvalue weighted by molar-refractivity contribution is 9.11. The minimum absolute atomic E-state index is 0.0480. The summed E-state index contributed by atoms with van der Waals surface area (Å²) in [5, 5.41) is 17.1. The van der Waals surface area contributed by atoms with Gasteiger partial charge in [0.15, 0.2) is 5.69 Å². The quantitative estimate of drug-likeness (QED) is 0.853. The van der Waals surface area contributed by atoms with Crippen molar-refractivity contribution in [3.63, 3.8) is 0 Å². The molecule has 0 unspecified atom stereocenters. The average Bonchev–Trinajstić information content (AvgIpc) is 3.08. The lowest BCUT2D eigenvalue weighted by Crippen LogP contribution is -2.07. The maximum absolute atomic E-state index is 11.3. The third kappa shape index (κ3) is 2.29. The van der Waals surface area contributed by atoms with Crippen LogP contribution in [-0.4, -0.2) is 26.1 Å². The molecular weight excluding hydrogens is 390 g/mol. The normalized spacial score (nSPS) is 14.6. The molecule has 0 radical (unpaired) electrons. The zero-order valence-electron chi connectivity index (χ0n) is 10.6. The Bertz CT molecular complexity index is 685. The van der Waals surface area contributed by atoms with Crippen LogP contribution in [0.25, 0.3) is 5.69 Å². The maximum atomic E-state index is 11.3.